The molecule has 0 aliphatic heterocycles. The molecule has 2 nitrogen and oxygen atoms in total. The molecule has 1 heterocycles. The van der Waals surface area contributed by atoms with Crippen LogP contribution in [0.3, 0.4) is 0 Å². The molecule has 2 N–H and O–H groups in total. The number of fused-ring (bicyclic) bond motifs is 1. The van der Waals surface area contributed by atoms with Crippen molar-refractivity contribution in [2.24, 2.45) is 5.73 Å². The van der Waals surface area contributed by atoms with Crippen molar-refractivity contribution in [2.45, 2.75) is 44.9 Å². The van der Waals surface area contributed by atoms with Gasteiger partial charge in [0, 0.05) is 10.8 Å². The van der Waals surface area contributed by atoms with Gasteiger partial charge in [0.25, 0.3) is 0 Å². The molecule has 14 heavy (non-hydrogen) atoms. The van der Waals surface area contributed by atoms with Gasteiger partial charge in [0.1, 0.15) is 0 Å². The highest BCUT2D eigenvalue weighted by Crippen LogP contribution is 2.36. The fourth-order valence-electron chi connectivity index (χ4n) is 2.19. The van der Waals surface area contributed by atoms with Gasteiger partial charge in [0.15, 0.2) is 0 Å². The van der Waals surface area contributed by atoms with Gasteiger partial charge in [0.2, 0.25) is 0 Å². The summed E-state index contributed by atoms with van der Waals surface area (Å²) >= 11 is 1.91. The van der Waals surface area contributed by atoms with Gasteiger partial charge in [-0.05, 0) is 38.6 Å². The zero-order chi connectivity index (χ0) is 9.97. The van der Waals surface area contributed by atoms with E-state index in [1.165, 1.54) is 34.8 Å². The molecule has 0 aromatic carbocycles. The molecule has 1 aromatic heterocycles. The monoisotopic (exact) mass is 210 g/mol. The van der Waals surface area contributed by atoms with Crippen LogP contribution < -0.4 is 5.73 Å². The highest BCUT2D eigenvalue weighted by molar-refractivity contribution is 7.11. The molecular weight excluding hydrogens is 192 g/mol. The standard InChI is InChI=1S/C11H18N2S/c1-2-10-13-11-8(6-7-12)4-3-5-9(11)14-10/h8H,2-7,12H2,1H3. The fourth-order valence-corrected chi connectivity index (χ4v) is 3.33. The van der Waals surface area contributed by atoms with Crippen LogP contribution in [0.25, 0.3) is 0 Å². The third kappa shape index (κ3) is 1.84. The number of aryl methyl sites for hydroxylation is 2. The fraction of sp³-hybridized carbons (Fsp3) is 0.727. The Morgan fingerprint density at radius 3 is 3.14 bits per heavy atom. The molecular formula is C11H18N2S. The van der Waals surface area contributed by atoms with Gasteiger partial charge in [-0.2, -0.15) is 0 Å². The number of hydrogen-bond donors (Lipinski definition) is 1. The van der Waals surface area contributed by atoms with Crippen LogP contribution in [0.2, 0.25) is 0 Å². The Bertz CT molecular complexity index is 306. The van der Waals surface area contributed by atoms with E-state index in [9.17, 15) is 0 Å². The lowest BCUT2D eigenvalue weighted by atomic mass is 9.88. The van der Waals surface area contributed by atoms with Gasteiger partial charge < -0.3 is 5.73 Å². The Hall–Kier alpha value is -0.410. The molecule has 1 unspecified atom stereocenters. The van der Waals surface area contributed by atoms with E-state index < -0.39 is 0 Å². The summed E-state index contributed by atoms with van der Waals surface area (Å²) < 4.78 is 0. The average molecular weight is 210 g/mol. The Morgan fingerprint density at radius 1 is 1.57 bits per heavy atom. The van der Waals surface area contributed by atoms with E-state index in [2.05, 4.69) is 6.92 Å². The van der Waals surface area contributed by atoms with Gasteiger partial charge in [-0.25, -0.2) is 4.98 Å². The second-order valence-electron chi connectivity index (χ2n) is 3.94. The zero-order valence-electron chi connectivity index (χ0n) is 8.75. The summed E-state index contributed by atoms with van der Waals surface area (Å²) in [6, 6.07) is 0. The number of aromatic nitrogens is 1. The minimum absolute atomic E-state index is 0.653. The van der Waals surface area contributed by atoms with Gasteiger partial charge >= 0.3 is 0 Å². The smallest absolute Gasteiger partial charge is 0.0928 e. The molecule has 0 radical (unpaired) electrons. The normalized spacial score (nSPS) is 20.9. The molecule has 0 bridgehead atoms. The maximum Gasteiger partial charge on any atom is 0.0928 e. The second-order valence-corrected chi connectivity index (χ2v) is 5.10. The van der Waals surface area contributed by atoms with Crippen LogP contribution in [0, 0.1) is 0 Å². The first-order chi connectivity index (χ1) is 6.85. The highest BCUT2D eigenvalue weighted by Gasteiger charge is 2.23. The first-order valence-corrected chi connectivity index (χ1v) is 6.35. The molecule has 2 rings (SSSR count). The first-order valence-electron chi connectivity index (χ1n) is 5.53. The quantitative estimate of drug-likeness (QED) is 0.832. The largest absolute Gasteiger partial charge is 0.330 e. The number of hydrogen-bond acceptors (Lipinski definition) is 3. The van der Waals surface area contributed by atoms with Crippen LogP contribution in [0.5, 0.6) is 0 Å². The van der Waals surface area contributed by atoms with Crippen LogP contribution in [-0.4, -0.2) is 11.5 Å². The molecule has 3 heteroatoms. The number of nitrogens with zero attached hydrogens (tertiary/aromatic N) is 1. The van der Waals surface area contributed by atoms with E-state index in [1.807, 2.05) is 11.3 Å². The summed E-state index contributed by atoms with van der Waals surface area (Å²) in [6.45, 7) is 2.98. The van der Waals surface area contributed by atoms with E-state index in [0.29, 0.717) is 5.92 Å². The molecule has 0 spiro atoms. The van der Waals surface area contributed by atoms with Gasteiger partial charge in [-0.1, -0.05) is 6.92 Å². The van der Waals surface area contributed by atoms with E-state index >= 15 is 0 Å². The van der Waals surface area contributed by atoms with Crippen molar-refractivity contribution >= 4 is 11.3 Å². The number of nitrogens with two attached hydrogens (primary N) is 1. The maximum absolute atomic E-state index is 5.63. The SMILES string of the molecule is CCc1nc2c(s1)CCCC2CCN. The lowest BCUT2D eigenvalue weighted by Gasteiger charge is -2.20. The van der Waals surface area contributed by atoms with Crippen molar-refractivity contribution in [3.63, 3.8) is 0 Å². The summed E-state index contributed by atoms with van der Waals surface area (Å²) in [6.07, 6.45) is 6.04. The van der Waals surface area contributed by atoms with Gasteiger partial charge in [-0.15, -0.1) is 11.3 Å². The van der Waals surface area contributed by atoms with Crippen molar-refractivity contribution in [2.75, 3.05) is 6.54 Å². The molecule has 0 saturated carbocycles. The summed E-state index contributed by atoms with van der Waals surface area (Å²) in [5.41, 5.74) is 7.01. The van der Waals surface area contributed by atoms with Crippen molar-refractivity contribution in [1.82, 2.24) is 4.98 Å². The van der Waals surface area contributed by atoms with Gasteiger partial charge in [0.05, 0.1) is 10.7 Å². The molecule has 0 amide bonds. The van der Waals surface area contributed by atoms with E-state index in [0.717, 1.165) is 19.4 Å². The lowest BCUT2D eigenvalue weighted by molar-refractivity contribution is 0.518. The van der Waals surface area contributed by atoms with Crippen LogP contribution in [0.1, 0.15) is 47.7 Å². The van der Waals surface area contributed by atoms with E-state index in [4.69, 9.17) is 10.7 Å². The topological polar surface area (TPSA) is 38.9 Å². The van der Waals surface area contributed by atoms with Crippen LogP contribution in [0.4, 0.5) is 0 Å². The summed E-state index contributed by atoms with van der Waals surface area (Å²) in [7, 11) is 0. The Balaban J connectivity index is 2.24. The maximum atomic E-state index is 5.63. The lowest BCUT2D eigenvalue weighted by Crippen LogP contribution is -2.13. The van der Waals surface area contributed by atoms with Crippen LogP contribution in [0.15, 0.2) is 0 Å². The minimum atomic E-state index is 0.653. The summed E-state index contributed by atoms with van der Waals surface area (Å²) in [5, 5.41) is 1.30. The predicted molar refractivity (Wildman–Crippen MR) is 60.8 cm³/mol. The Kier molecular flexibility index (Phi) is 3.19. The van der Waals surface area contributed by atoms with Crippen LogP contribution in [-0.2, 0) is 12.8 Å². The number of rotatable bonds is 3. The second kappa shape index (κ2) is 4.41. The zero-order valence-corrected chi connectivity index (χ0v) is 9.57. The summed E-state index contributed by atoms with van der Waals surface area (Å²) in [5.74, 6) is 0.653. The third-order valence-electron chi connectivity index (χ3n) is 2.93. The summed E-state index contributed by atoms with van der Waals surface area (Å²) in [4.78, 5) is 6.27. The Morgan fingerprint density at radius 2 is 2.43 bits per heavy atom. The van der Waals surface area contributed by atoms with E-state index in [1.54, 1.807) is 0 Å². The highest BCUT2D eigenvalue weighted by atomic mass is 32.1. The molecule has 1 atom stereocenters. The molecule has 1 aliphatic rings. The van der Waals surface area contributed by atoms with Crippen molar-refractivity contribution in [1.29, 1.82) is 0 Å². The van der Waals surface area contributed by atoms with Crippen LogP contribution >= 0.6 is 11.3 Å². The van der Waals surface area contributed by atoms with Crippen molar-refractivity contribution in [3.8, 4) is 0 Å². The van der Waals surface area contributed by atoms with Crippen molar-refractivity contribution < 1.29 is 0 Å². The third-order valence-corrected chi connectivity index (χ3v) is 4.21. The molecule has 0 fully saturated rings. The van der Waals surface area contributed by atoms with Crippen molar-refractivity contribution in [3.05, 3.63) is 15.6 Å². The average Bonchev–Trinajstić information content (AvgIpc) is 2.62. The Labute approximate surface area is 89.5 Å². The minimum Gasteiger partial charge on any atom is -0.330 e. The molecule has 1 aliphatic carbocycles. The molecule has 0 saturated heterocycles. The predicted octanol–water partition coefficient (Wildman–Crippen LogP) is 2.47. The van der Waals surface area contributed by atoms with Gasteiger partial charge in [-0.3, -0.25) is 0 Å². The molecule has 1 aromatic rings. The first kappa shape index (κ1) is 10.1. The van der Waals surface area contributed by atoms with E-state index in [-0.39, 0.29) is 0 Å². The molecule has 78 valence electrons. The number of thiazole rings is 1.